The smallest absolute Gasteiger partial charge is 0.255 e. The molecule has 0 radical (unpaired) electrons. The van der Waals surface area contributed by atoms with Gasteiger partial charge in [0, 0.05) is 41.5 Å². The molecule has 2 N–H and O–H groups in total. The topological polar surface area (TPSA) is 70.7 Å². The van der Waals surface area contributed by atoms with Gasteiger partial charge in [0.1, 0.15) is 0 Å². The second kappa shape index (κ2) is 8.63. The minimum atomic E-state index is -0.223. The molecule has 7 heteroatoms. The molecule has 6 nitrogen and oxygen atoms in total. The SMILES string of the molecule is O=C(Nc1ccc(-c2ccc(CN3CCOCC3)s2)c2c1C(=O)NC2)c1ccccc1. The second-order valence-corrected chi connectivity index (χ2v) is 8.84. The molecule has 3 aromatic rings. The molecular formula is C24H23N3O3S. The van der Waals surface area contributed by atoms with Gasteiger partial charge >= 0.3 is 0 Å². The lowest BCUT2D eigenvalue weighted by Crippen LogP contribution is -2.35. The van der Waals surface area contributed by atoms with E-state index >= 15 is 0 Å². The summed E-state index contributed by atoms with van der Waals surface area (Å²) in [6.07, 6.45) is 0. The average Bonchev–Trinajstić information content (AvgIpc) is 3.42. The van der Waals surface area contributed by atoms with Crippen LogP contribution in [0, 0.1) is 0 Å². The second-order valence-electron chi connectivity index (χ2n) is 7.67. The molecule has 5 rings (SSSR count). The van der Waals surface area contributed by atoms with Gasteiger partial charge in [-0.25, -0.2) is 0 Å². The normalized spacial score (nSPS) is 16.1. The first kappa shape index (κ1) is 19.9. The van der Waals surface area contributed by atoms with Crippen molar-refractivity contribution in [3.05, 3.63) is 76.2 Å². The molecule has 0 unspecified atom stereocenters. The summed E-state index contributed by atoms with van der Waals surface area (Å²) in [6, 6.07) is 17.1. The van der Waals surface area contributed by atoms with Crippen molar-refractivity contribution < 1.29 is 14.3 Å². The number of carbonyl (C=O) groups excluding carboxylic acids is 2. The number of hydrogen-bond acceptors (Lipinski definition) is 5. The van der Waals surface area contributed by atoms with E-state index in [9.17, 15) is 9.59 Å². The summed E-state index contributed by atoms with van der Waals surface area (Å²) in [7, 11) is 0. The predicted molar refractivity (Wildman–Crippen MR) is 121 cm³/mol. The van der Waals surface area contributed by atoms with Crippen LogP contribution in [0.5, 0.6) is 0 Å². The zero-order chi connectivity index (χ0) is 21.2. The first-order valence-corrected chi connectivity index (χ1v) is 11.2. The lowest BCUT2D eigenvalue weighted by atomic mass is 9.99. The predicted octanol–water partition coefficient (Wildman–Crippen LogP) is 3.74. The van der Waals surface area contributed by atoms with Crippen LogP contribution in [-0.4, -0.2) is 43.0 Å². The van der Waals surface area contributed by atoms with E-state index in [4.69, 9.17) is 4.74 Å². The van der Waals surface area contributed by atoms with Crippen LogP contribution in [0.4, 0.5) is 5.69 Å². The summed E-state index contributed by atoms with van der Waals surface area (Å²) >= 11 is 1.75. The number of morpholine rings is 1. The van der Waals surface area contributed by atoms with Crippen LogP contribution in [0.3, 0.4) is 0 Å². The Bertz CT molecular complexity index is 1120. The zero-order valence-corrected chi connectivity index (χ0v) is 17.8. The van der Waals surface area contributed by atoms with Gasteiger partial charge < -0.3 is 15.4 Å². The van der Waals surface area contributed by atoms with E-state index in [2.05, 4.69) is 27.7 Å². The van der Waals surface area contributed by atoms with Crippen LogP contribution in [0.25, 0.3) is 10.4 Å². The van der Waals surface area contributed by atoms with Crippen molar-refractivity contribution in [2.75, 3.05) is 31.6 Å². The van der Waals surface area contributed by atoms with Crippen molar-refractivity contribution in [2.45, 2.75) is 13.1 Å². The summed E-state index contributed by atoms with van der Waals surface area (Å²) < 4.78 is 5.43. The maximum absolute atomic E-state index is 12.6. The number of hydrogen-bond donors (Lipinski definition) is 2. The van der Waals surface area contributed by atoms with Crippen molar-refractivity contribution in [2.24, 2.45) is 0 Å². The Balaban J connectivity index is 1.41. The summed E-state index contributed by atoms with van der Waals surface area (Å²) in [4.78, 5) is 30.0. The Labute approximate surface area is 184 Å². The highest BCUT2D eigenvalue weighted by Gasteiger charge is 2.27. The lowest BCUT2D eigenvalue weighted by Gasteiger charge is -2.25. The van der Waals surface area contributed by atoms with E-state index < -0.39 is 0 Å². The van der Waals surface area contributed by atoms with E-state index in [-0.39, 0.29) is 11.8 Å². The summed E-state index contributed by atoms with van der Waals surface area (Å²) in [5, 5.41) is 5.83. The Morgan fingerprint density at radius 3 is 2.68 bits per heavy atom. The summed E-state index contributed by atoms with van der Waals surface area (Å²) in [5.41, 5.74) is 3.65. The third-order valence-electron chi connectivity index (χ3n) is 5.66. The van der Waals surface area contributed by atoms with Crippen LogP contribution in [0.15, 0.2) is 54.6 Å². The number of amides is 2. The number of nitrogens with one attached hydrogen (secondary N) is 2. The maximum Gasteiger partial charge on any atom is 0.255 e. The first-order valence-electron chi connectivity index (χ1n) is 10.4. The third kappa shape index (κ3) is 4.12. The highest BCUT2D eigenvalue weighted by atomic mass is 32.1. The minimum Gasteiger partial charge on any atom is -0.379 e. The standard InChI is InChI=1S/C24H23N3O3S/c28-23(16-4-2-1-3-5-16)26-20-8-7-18(19-14-25-24(29)22(19)20)21-9-6-17(31-21)15-27-10-12-30-13-11-27/h1-9H,10-15H2,(H,25,29)(H,26,28). The third-order valence-corrected chi connectivity index (χ3v) is 6.76. The molecule has 2 aliphatic heterocycles. The van der Waals surface area contributed by atoms with Gasteiger partial charge in [0.25, 0.3) is 11.8 Å². The van der Waals surface area contributed by atoms with E-state index in [1.54, 1.807) is 23.5 Å². The number of thiophene rings is 1. The van der Waals surface area contributed by atoms with E-state index in [1.165, 1.54) is 4.88 Å². The molecule has 31 heavy (non-hydrogen) atoms. The molecular weight excluding hydrogens is 410 g/mol. The number of ether oxygens (including phenoxy) is 1. The van der Waals surface area contributed by atoms with E-state index in [0.29, 0.717) is 23.4 Å². The molecule has 0 atom stereocenters. The fourth-order valence-corrected chi connectivity index (χ4v) is 5.16. The fourth-order valence-electron chi connectivity index (χ4n) is 4.05. The zero-order valence-electron chi connectivity index (χ0n) is 17.0. The Kier molecular flexibility index (Phi) is 5.55. The van der Waals surface area contributed by atoms with E-state index in [0.717, 1.165) is 48.9 Å². The minimum absolute atomic E-state index is 0.148. The number of rotatable bonds is 5. The van der Waals surface area contributed by atoms with Gasteiger partial charge in [-0.2, -0.15) is 0 Å². The van der Waals surface area contributed by atoms with Crippen molar-refractivity contribution in [3.63, 3.8) is 0 Å². The molecule has 1 fully saturated rings. The van der Waals surface area contributed by atoms with Gasteiger partial charge in [0.05, 0.1) is 24.5 Å². The molecule has 0 spiro atoms. The molecule has 0 bridgehead atoms. The Morgan fingerprint density at radius 2 is 1.87 bits per heavy atom. The number of nitrogens with zero attached hydrogens (tertiary/aromatic N) is 1. The number of benzene rings is 2. The van der Waals surface area contributed by atoms with Gasteiger partial charge in [-0.1, -0.05) is 24.3 Å². The molecule has 0 saturated carbocycles. The molecule has 2 aliphatic rings. The average molecular weight is 434 g/mol. The molecule has 1 saturated heterocycles. The molecule has 2 amide bonds. The van der Waals surface area contributed by atoms with Gasteiger partial charge in [0.2, 0.25) is 0 Å². The van der Waals surface area contributed by atoms with Crippen molar-refractivity contribution >= 4 is 28.8 Å². The molecule has 0 aliphatic carbocycles. The van der Waals surface area contributed by atoms with Gasteiger partial charge in [-0.3, -0.25) is 14.5 Å². The largest absolute Gasteiger partial charge is 0.379 e. The highest BCUT2D eigenvalue weighted by molar-refractivity contribution is 7.15. The van der Waals surface area contributed by atoms with Crippen LogP contribution >= 0.6 is 11.3 Å². The van der Waals surface area contributed by atoms with Gasteiger partial charge in [0.15, 0.2) is 0 Å². The fraction of sp³-hybridized carbons (Fsp3) is 0.250. The molecule has 158 valence electrons. The number of carbonyl (C=O) groups is 2. The monoisotopic (exact) mass is 433 g/mol. The van der Waals surface area contributed by atoms with Crippen LogP contribution < -0.4 is 10.6 Å². The van der Waals surface area contributed by atoms with Crippen LogP contribution in [-0.2, 0) is 17.8 Å². The number of fused-ring (bicyclic) bond motifs is 1. The van der Waals surface area contributed by atoms with E-state index in [1.807, 2.05) is 30.3 Å². The van der Waals surface area contributed by atoms with Crippen LogP contribution in [0.1, 0.15) is 31.2 Å². The quantitative estimate of drug-likeness (QED) is 0.643. The highest BCUT2D eigenvalue weighted by Crippen LogP contribution is 2.37. The molecule has 1 aromatic heterocycles. The first-order chi connectivity index (χ1) is 15.2. The molecule has 2 aromatic carbocycles. The summed E-state index contributed by atoms with van der Waals surface area (Å²) in [5.74, 6) is -0.371. The Morgan fingerprint density at radius 1 is 1.06 bits per heavy atom. The van der Waals surface area contributed by atoms with Gasteiger partial charge in [-0.15, -0.1) is 11.3 Å². The number of anilines is 1. The Hall–Kier alpha value is -3.00. The van der Waals surface area contributed by atoms with Crippen molar-refractivity contribution in [1.82, 2.24) is 10.2 Å². The lowest BCUT2D eigenvalue weighted by molar-refractivity contribution is 0.0346. The van der Waals surface area contributed by atoms with Crippen molar-refractivity contribution in [1.29, 1.82) is 0 Å². The summed E-state index contributed by atoms with van der Waals surface area (Å²) in [6.45, 7) is 4.87. The van der Waals surface area contributed by atoms with Crippen molar-refractivity contribution in [3.8, 4) is 10.4 Å². The van der Waals surface area contributed by atoms with Gasteiger partial charge in [-0.05, 0) is 41.5 Å². The maximum atomic E-state index is 12.6. The van der Waals surface area contributed by atoms with Crippen LogP contribution in [0.2, 0.25) is 0 Å². The molecule has 3 heterocycles.